The van der Waals surface area contributed by atoms with Gasteiger partial charge in [0.05, 0.1) is 13.2 Å². The summed E-state index contributed by atoms with van der Waals surface area (Å²) in [6.07, 6.45) is 2.32. The SMILES string of the molecule is CCCCn1c(N)c(N(C)C(=O)c2ccc3c(c2)OCCCO3)c(=O)[nH]c1=O. The Morgan fingerprint density at radius 3 is 2.68 bits per heavy atom. The fraction of sp³-hybridized carbons (Fsp3) is 0.421. The van der Waals surface area contributed by atoms with Crippen molar-refractivity contribution in [3.05, 3.63) is 44.6 Å². The van der Waals surface area contributed by atoms with E-state index in [0.29, 0.717) is 36.8 Å². The van der Waals surface area contributed by atoms with Crippen molar-refractivity contribution in [3.8, 4) is 11.5 Å². The molecule has 3 rings (SSSR count). The molecule has 1 aliphatic rings. The number of carbonyl (C=O) groups is 1. The van der Waals surface area contributed by atoms with Crippen LogP contribution in [0, 0.1) is 0 Å². The number of carbonyl (C=O) groups excluding carboxylic acids is 1. The molecular weight excluding hydrogens is 364 g/mol. The molecule has 1 amide bonds. The van der Waals surface area contributed by atoms with Gasteiger partial charge in [-0.1, -0.05) is 13.3 Å². The molecule has 1 aromatic carbocycles. The summed E-state index contributed by atoms with van der Waals surface area (Å²) in [5.74, 6) is 0.564. The van der Waals surface area contributed by atoms with E-state index in [0.717, 1.165) is 24.2 Å². The zero-order valence-electron chi connectivity index (χ0n) is 16.0. The first-order chi connectivity index (χ1) is 13.4. The van der Waals surface area contributed by atoms with Crippen LogP contribution in [0.2, 0.25) is 0 Å². The van der Waals surface area contributed by atoms with Crippen LogP contribution in [0.3, 0.4) is 0 Å². The first-order valence-corrected chi connectivity index (χ1v) is 9.24. The Bertz CT molecular complexity index is 995. The zero-order valence-corrected chi connectivity index (χ0v) is 16.0. The lowest BCUT2D eigenvalue weighted by Gasteiger charge is -2.21. The lowest BCUT2D eigenvalue weighted by Crippen LogP contribution is -2.39. The number of nitrogen functional groups attached to an aromatic ring is 1. The van der Waals surface area contributed by atoms with Crippen LogP contribution in [0.15, 0.2) is 27.8 Å². The Balaban J connectivity index is 1.97. The summed E-state index contributed by atoms with van der Waals surface area (Å²) in [5.41, 5.74) is 5.04. The van der Waals surface area contributed by atoms with Gasteiger partial charge in [-0.2, -0.15) is 0 Å². The average Bonchev–Trinajstić information content (AvgIpc) is 2.91. The summed E-state index contributed by atoms with van der Waals surface area (Å²) in [7, 11) is 1.45. The predicted molar refractivity (Wildman–Crippen MR) is 105 cm³/mol. The Morgan fingerprint density at radius 1 is 1.25 bits per heavy atom. The van der Waals surface area contributed by atoms with Crippen LogP contribution in [-0.4, -0.2) is 35.7 Å². The Labute approximate surface area is 161 Å². The van der Waals surface area contributed by atoms with Gasteiger partial charge in [0.25, 0.3) is 11.5 Å². The number of H-pyrrole nitrogens is 1. The van der Waals surface area contributed by atoms with Gasteiger partial charge in [-0.3, -0.25) is 19.1 Å². The molecule has 1 aliphatic heterocycles. The maximum Gasteiger partial charge on any atom is 0.330 e. The highest BCUT2D eigenvalue weighted by atomic mass is 16.5. The minimum Gasteiger partial charge on any atom is -0.490 e. The summed E-state index contributed by atoms with van der Waals surface area (Å²) in [6.45, 7) is 3.38. The highest BCUT2D eigenvalue weighted by Gasteiger charge is 2.23. The molecule has 9 heteroatoms. The lowest BCUT2D eigenvalue weighted by molar-refractivity contribution is 0.0992. The number of nitrogens with zero attached hydrogens (tertiary/aromatic N) is 2. The maximum atomic E-state index is 13.0. The van der Waals surface area contributed by atoms with Crippen molar-refractivity contribution in [2.75, 3.05) is 30.9 Å². The molecule has 2 heterocycles. The van der Waals surface area contributed by atoms with Crippen molar-refractivity contribution >= 4 is 17.4 Å². The highest BCUT2D eigenvalue weighted by Crippen LogP contribution is 2.31. The smallest absolute Gasteiger partial charge is 0.330 e. The Hall–Kier alpha value is -3.23. The third-order valence-corrected chi connectivity index (χ3v) is 4.58. The van der Waals surface area contributed by atoms with E-state index in [4.69, 9.17) is 15.2 Å². The molecule has 0 spiro atoms. The maximum absolute atomic E-state index is 13.0. The van der Waals surface area contributed by atoms with Gasteiger partial charge in [-0.05, 0) is 24.6 Å². The van der Waals surface area contributed by atoms with Crippen molar-refractivity contribution in [2.24, 2.45) is 0 Å². The normalized spacial score (nSPS) is 13.1. The molecule has 0 bridgehead atoms. The molecule has 0 unspecified atom stereocenters. The van der Waals surface area contributed by atoms with Gasteiger partial charge in [0.1, 0.15) is 5.82 Å². The molecule has 2 aromatic rings. The number of unbranched alkanes of at least 4 members (excludes halogenated alkanes) is 1. The Morgan fingerprint density at radius 2 is 1.96 bits per heavy atom. The van der Waals surface area contributed by atoms with Crippen LogP contribution in [0.5, 0.6) is 11.5 Å². The summed E-state index contributed by atoms with van der Waals surface area (Å²) in [5, 5.41) is 0. The second-order valence-corrected chi connectivity index (χ2v) is 6.57. The molecule has 28 heavy (non-hydrogen) atoms. The van der Waals surface area contributed by atoms with Crippen LogP contribution in [0.4, 0.5) is 11.5 Å². The average molecular weight is 388 g/mol. The van der Waals surface area contributed by atoms with Crippen LogP contribution < -0.4 is 31.4 Å². The lowest BCUT2D eigenvalue weighted by atomic mass is 10.1. The number of hydrogen-bond donors (Lipinski definition) is 2. The van der Waals surface area contributed by atoms with Gasteiger partial charge in [-0.15, -0.1) is 0 Å². The van der Waals surface area contributed by atoms with Crippen molar-refractivity contribution in [3.63, 3.8) is 0 Å². The number of benzene rings is 1. The standard InChI is InChI=1S/C19H24N4O5/c1-3-4-8-23-16(20)15(17(24)21-19(23)26)22(2)18(25)12-6-7-13-14(11-12)28-10-5-9-27-13/h6-7,11H,3-5,8-10,20H2,1-2H3,(H,21,24,26). The zero-order chi connectivity index (χ0) is 20.3. The minimum absolute atomic E-state index is 0.0348. The molecule has 0 radical (unpaired) electrons. The minimum atomic E-state index is -0.708. The molecule has 0 saturated carbocycles. The Kier molecular flexibility index (Phi) is 5.72. The first kappa shape index (κ1) is 19.5. The van der Waals surface area contributed by atoms with Crippen molar-refractivity contribution in [1.29, 1.82) is 0 Å². The van der Waals surface area contributed by atoms with E-state index >= 15 is 0 Å². The van der Waals surface area contributed by atoms with Crippen LogP contribution in [0.1, 0.15) is 36.5 Å². The molecule has 3 N–H and O–H groups in total. The van der Waals surface area contributed by atoms with Gasteiger partial charge >= 0.3 is 5.69 Å². The van der Waals surface area contributed by atoms with E-state index in [-0.39, 0.29) is 11.5 Å². The third-order valence-electron chi connectivity index (χ3n) is 4.58. The van der Waals surface area contributed by atoms with Crippen LogP contribution >= 0.6 is 0 Å². The van der Waals surface area contributed by atoms with E-state index in [9.17, 15) is 14.4 Å². The number of rotatable bonds is 5. The number of nitrogens with one attached hydrogen (secondary N) is 1. The molecular formula is C19H24N4O5. The summed E-state index contributed by atoms with van der Waals surface area (Å²) < 4.78 is 12.5. The van der Waals surface area contributed by atoms with Crippen molar-refractivity contribution in [2.45, 2.75) is 32.7 Å². The van der Waals surface area contributed by atoms with E-state index in [1.165, 1.54) is 11.6 Å². The third kappa shape index (κ3) is 3.73. The molecule has 0 saturated heterocycles. The molecule has 1 aromatic heterocycles. The fourth-order valence-corrected chi connectivity index (χ4v) is 3.03. The number of hydrogen-bond acceptors (Lipinski definition) is 6. The molecule has 0 atom stereocenters. The molecule has 0 aliphatic carbocycles. The second-order valence-electron chi connectivity index (χ2n) is 6.57. The van der Waals surface area contributed by atoms with Gasteiger partial charge in [0, 0.05) is 25.6 Å². The summed E-state index contributed by atoms with van der Waals surface area (Å²) in [4.78, 5) is 40.8. The highest BCUT2D eigenvalue weighted by molar-refractivity contribution is 6.07. The van der Waals surface area contributed by atoms with E-state index < -0.39 is 17.2 Å². The molecule has 9 nitrogen and oxygen atoms in total. The van der Waals surface area contributed by atoms with Crippen LogP contribution in [0.25, 0.3) is 0 Å². The number of amides is 1. The topological polar surface area (TPSA) is 120 Å². The van der Waals surface area contributed by atoms with Crippen molar-refractivity contribution < 1.29 is 14.3 Å². The van der Waals surface area contributed by atoms with Gasteiger partial charge in [0.2, 0.25) is 0 Å². The number of aromatic amines is 1. The largest absolute Gasteiger partial charge is 0.490 e. The van der Waals surface area contributed by atoms with E-state index in [2.05, 4.69) is 4.98 Å². The number of ether oxygens (including phenoxy) is 2. The van der Waals surface area contributed by atoms with Crippen molar-refractivity contribution in [1.82, 2.24) is 9.55 Å². The number of anilines is 2. The van der Waals surface area contributed by atoms with Gasteiger partial charge < -0.3 is 20.1 Å². The quantitative estimate of drug-likeness (QED) is 0.798. The van der Waals surface area contributed by atoms with E-state index in [1.54, 1.807) is 18.2 Å². The van der Waals surface area contributed by atoms with Gasteiger partial charge in [0.15, 0.2) is 17.2 Å². The molecule has 0 fully saturated rings. The molecule has 150 valence electrons. The fourth-order valence-electron chi connectivity index (χ4n) is 3.03. The number of aromatic nitrogens is 2. The second kappa shape index (κ2) is 8.20. The first-order valence-electron chi connectivity index (χ1n) is 9.24. The summed E-state index contributed by atoms with van der Waals surface area (Å²) in [6, 6.07) is 4.85. The number of nitrogens with two attached hydrogens (primary N) is 1. The van der Waals surface area contributed by atoms with Gasteiger partial charge in [-0.25, -0.2) is 4.79 Å². The van der Waals surface area contributed by atoms with Crippen LogP contribution in [-0.2, 0) is 6.54 Å². The predicted octanol–water partition coefficient (Wildman–Crippen LogP) is 1.36. The van der Waals surface area contributed by atoms with E-state index in [1.807, 2.05) is 6.92 Å². The summed E-state index contributed by atoms with van der Waals surface area (Å²) >= 11 is 0. The monoisotopic (exact) mass is 388 g/mol. The number of fused-ring (bicyclic) bond motifs is 1.